The smallest absolute Gasteiger partial charge is 0.235 e. The monoisotopic (exact) mass is 433 g/mol. The molecule has 1 aliphatic carbocycles. The first kappa shape index (κ1) is 20.7. The van der Waals surface area contributed by atoms with Crippen LogP contribution in [0.4, 0.5) is 4.39 Å². The summed E-state index contributed by atoms with van der Waals surface area (Å²) in [6, 6.07) is 4.64. The third kappa shape index (κ3) is 3.91. The van der Waals surface area contributed by atoms with Gasteiger partial charge in [-0.25, -0.2) is 4.39 Å². The molecule has 1 aromatic carbocycles. The molecular formula is C23H25ClFNO2S. The van der Waals surface area contributed by atoms with Crippen molar-refractivity contribution in [3.63, 3.8) is 0 Å². The number of halogens is 2. The lowest BCUT2D eigenvalue weighted by Crippen LogP contribution is -2.50. The molecule has 6 heteroatoms. The van der Waals surface area contributed by atoms with E-state index in [4.69, 9.17) is 11.6 Å². The van der Waals surface area contributed by atoms with Crippen LogP contribution in [0.15, 0.2) is 35.9 Å². The van der Waals surface area contributed by atoms with Gasteiger partial charge in [-0.3, -0.25) is 14.5 Å². The highest BCUT2D eigenvalue weighted by Gasteiger charge is 2.64. The van der Waals surface area contributed by atoms with E-state index in [0.717, 1.165) is 31.3 Å². The molecule has 3 aliphatic rings. The Labute approximate surface area is 180 Å². The van der Waals surface area contributed by atoms with Crippen LogP contribution in [0.25, 0.3) is 5.57 Å². The summed E-state index contributed by atoms with van der Waals surface area (Å²) < 4.78 is 14.1. The molecule has 0 saturated carbocycles. The van der Waals surface area contributed by atoms with E-state index in [2.05, 4.69) is 6.08 Å². The minimum Gasteiger partial charge on any atom is -0.274 e. The van der Waals surface area contributed by atoms with Gasteiger partial charge in [0.15, 0.2) is 0 Å². The number of thioether (sulfide) groups is 1. The molecular weight excluding hydrogens is 409 g/mol. The van der Waals surface area contributed by atoms with E-state index in [9.17, 15) is 14.0 Å². The highest BCUT2D eigenvalue weighted by Crippen LogP contribution is 2.64. The van der Waals surface area contributed by atoms with Gasteiger partial charge in [0, 0.05) is 22.4 Å². The quantitative estimate of drug-likeness (QED) is 0.550. The highest BCUT2D eigenvalue weighted by atomic mass is 35.5. The van der Waals surface area contributed by atoms with Gasteiger partial charge in [-0.05, 0) is 49.5 Å². The molecule has 3 nitrogen and oxygen atoms in total. The van der Waals surface area contributed by atoms with E-state index >= 15 is 0 Å². The van der Waals surface area contributed by atoms with E-state index in [1.54, 1.807) is 23.9 Å². The van der Waals surface area contributed by atoms with Crippen molar-refractivity contribution in [1.82, 2.24) is 4.90 Å². The van der Waals surface area contributed by atoms with E-state index in [-0.39, 0.29) is 27.8 Å². The number of piperidine rings is 1. The number of hydrogen-bond donors (Lipinski definition) is 0. The van der Waals surface area contributed by atoms with Crippen LogP contribution in [-0.2, 0) is 9.59 Å². The number of carbonyl (C=O) groups is 2. The average molecular weight is 434 g/mol. The first-order chi connectivity index (χ1) is 13.6. The third-order valence-electron chi connectivity index (χ3n) is 5.90. The number of nitrogens with zero attached hydrogens (tertiary/aromatic N) is 1. The fraction of sp³-hybridized carbons (Fsp3) is 0.478. The summed E-state index contributed by atoms with van der Waals surface area (Å²) in [5, 5.41) is 0.482. The maximum absolute atomic E-state index is 14.2. The maximum atomic E-state index is 14.2. The van der Waals surface area contributed by atoms with Crippen molar-refractivity contribution in [3.05, 3.63) is 52.3 Å². The van der Waals surface area contributed by atoms with Crippen LogP contribution in [0.1, 0.15) is 58.4 Å². The molecule has 0 bridgehead atoms. The lowest BCUT2D eigenvalue weighted by Gasteiger charge is -2.33. The molecule has 0 N–H and O–H groups in total. The summed E-state index contributed by atoms with van der Waals surface area (Å²) in [5.41, 5.74) is 2.25. The molecule has 0 aromatic heterocycles. The van der Waals surface area contributed by atoms with Crippen molar-refractivity contribution in [3.8, 4) is 0 Å². The Bertz CT molecular complexity index is 949. The van der Waals surface area contributed by atoms with Crippen molar-refractivity contribution >= 4 is 40.8 Å². The van der Waals surface area contributed by atoms with Crippen molar-refractivity contribution < 1.29 is 14.0 Å². The predicted molar refractivity (Wildman–Crippen MR) is 116 cm³/mol. The summed E-state index contributed by atoms with van der Waals surface area (Å²) in [6.45, 7) is 5.57. The molecule has 0 radical (unpaired) electrons. The van der Waals surface area contributed by atoms with Crippen LogP contribution in [-0.4, -0.2) is 26.8 Å². The first-order valence-corrected chi connectivity index (χ1v) is 11.2. The van der Waals surface area contributed by atoms with Gasteiger partial charge in [0.1, 0.15) is 11.2 Å². The number of amides is 2. The van der Waals surface area contributed by atoms with E-state index in [0.29, 0.717) is 17.0 Å². The predicted octanol–water partition coefficient (Wildman–Crippen LogP) is 5.98. The van der Waals surface area contributed by atoms with Gasteiger partial charge in [-0.1, -0.05) is 50.1 Å². The number of hydrogen-bond acceptors (Lipinski definition) is 3. The second-order valence-corrected chi connectivity index (χ2v) is 11.1. The topological polar surface area (TPSA) is 37.4 Å². The fourth-order valence-corrected chi connectivity index (χ4v) is 5.87. The van der Waals surface area contributed by atoms with Crippen LogP contribution >= 0.6 is 23.4 Å². The molecule has 2 saturated heterocycles. The van der Waals surface area contributed by atoms with Crippen LogP contribution in [0.5, 0.6) is 0 Å². The van der Waals surface area contributed by atoms with Crippen molar-refractivity contribution in [2.24, 2.45) is 5.41 Å². The summed E-state index contributed by atoms with van der Waals surface area (Å²) in [7, 11) is 0. The molecule has 2 heterocycles. The van der Waals surface area contributed by atoms with Crippen molar-refractivity contribution in [1.29, 1.82) is 0 Å². The van der Waals surface area contributed by atoms with Gasteiger partial charge in [-0.2, -0.15) is 0 Å². The Balaban J connectivity index is 1.50. The largest absolute Gasteiger partial charge is 0.274 e. The molecule has 29 heavy (non-hydrogen) atoms. The van der Waals surface area contributed by atoms with Gasteiger partial charge >= 0.3 is 0 Å². The zero-order valence-corrected chi connectivity index (χ0v) is 18.5. The summed E-state index contributed by atoms with van der Waals surface area (Å²) >= 11 is 7.77. The van der Waals surface area contributed by atoms with Gasteiger partial charge in [0.25, 0.3) is 0 Å². The average Bonchev–Trinajstić information content (AvgIpc) is 3.37. The fourth-order valence-electron chi connectivity index (χ4n) is 4.21. The molecule has 2 atom stereocenters. The molecule has 2 amide bonds. The number of fused-ring (bicyclic) bond motifs is 1. The normalized spacial score (nSPS) is 26.6. The van der Waals surface area contributed by atoms with Gasteiger partial charge < -0.3 is 0 Å². The maximum Gasteiger partial charge on any atom is 0.235 e. The SMILES string of the molecule is CC(C)(C)C(=O)N1C(=O)CC[C@]2(CC3=CC=C(c4cc(Cl)ccc4F)CC3)SC12. The first-order valence-electron chi connectivity index (χ1n) is 9.99. The standard InChI is InChI=1S/C23H25ClFNO2S/c1-22(2,3)20(28)26-19(27)10-11-23(21(26)29-23)13-14-4-6-15(7-5-14)17-12-16(24)8-9-18(17)25/h4,6,8-9,12,21H,5,7,10-11,13H2,1-3H3/t21?,23-/m1/s1. The Kier molecular flexibility index (Phi) is 5.19. The summed E-state index contributed by atoms with van der Waals surface area (Å²) in [6.07, 6.45) is 7.78. The van der Waals surface area contributed by atoms with Crippen molar-refractivity contribution in [2.75, 3.05) is 0 Å². The Hall–Kier alpha value is -1.59. The van der Waals surface area contributed by atoms with Crippen LogP contribution in [0, 0.1) is 11.2 Å². The molecule has 1 unspecified atom stereocenters. The number of allylic oxidation sites excluding steroid dienone is 4. The number of benzene rings is 1. The third-order valence-corrected chi connectivity index (χ3v) is 7.81. The highest BCUT2D eigenvalue weighted by molar-refractivity contribution is 8.08. The number of carbonyl (C=O) groups excluding carboxylic acids is 2. The van der Waals surface area contributed by atoms with Gasteiger partial charge in [-0.15, -0.1) is 11.8 Å². The summed E-state index contributed by atoms with van der Waals surface area (Å²) in [5.74, 6) is -0.388. The zero-order valence-electron chi connectivity index (χ0n) is 16.9. The lowest BCUT2D eigenvalue weighted by molar-refractivity contribution is -0.152. The van der Waals surface area contributed by atoms with Gasteiger partial charge in [0.05, 0.1) is 4.75 Å². The summed E-state index contributed by atoms with van der Waals surface area (Å²) in [4.78, 5) is 26.7. The lowest BCUT2D eigenvalue weighted by atomic mass is 9.84. The van der Waals surface area contributed by atoms with E-state index in [1.165, 1.54) is 16.5 Å². The second kappa shape index (κ2) is 7.28. The minimum atomic E-state index is -0.565. The van der Waals surface area contributed by atoms with Crippen LogP contribution in [0.2, 0.25) is 5.02 Å². The van der Waals surface area contributed by atoms with E-state index in [1.807, 2.05) is 26.8 Å². The number of rotatable bonds is 3. The molecule has 1 aromatic rings. The minimum absolute atomic E-state index is 0.0483. The van der Waals surface area contributed by atoms with Crippen LogP contribution < -0.4 is 0 Å². The molecule has 2 aliphatic heterocycles. The molecule has 154 valence electrons. The Morgan fingerprint density at radius 1 is 1.28 bits per heavy atom. The van der Waals surface area contributed by atoms with E-state index < -0.39 is 5.41 Å². The van der Waals surface area contributed by atoms with Gasteiger partial charge in [0.2, 0.25) is 11.8 Å². The Morgan fingerprint density at radius 2 is 2.03 bits per heavy atom. The van der Waals surface area contributed by atoms with Crippen LogP contribution in [0.3, 0.4) is 0 Å². The van der Waals surface area contributed by atoms with Crippen molar-refractivity contribution in [2.45, 2.75) is 63.0 Å². The molecule has 2 fully saturated rings. The number of likely N-dealkylation sites (tertiary alicyclic amines) is 1. The Morgan fingerprint density at radius 3 is 2.69 bits per heavy atom. The number of imide groups is 1. The second-order valence-electron chi connectivity index (χ2n) is 9.17. The molecule has 4 rings (SSSR count). The molecule has 0 spiro atoms. The zero-order chi connectivity index (χ0) is 21.0.